The molecule has 0 spiro atoms. The van der Waals surface area contributed by atoms with Gasteiger partial charge in [-0.15, -0.1) is 0 Å². The van der Waals surface area contributed by atoms with Crippen LogP contribution in [-0.2, 0) is 9.53 Å². The fourth-order valence-corrected chi connectivity index (χ4v) is 2.33. The number of amides is 1. The third-order valence-corrected chi connectivity index (χ3v) is 3.81. The van der Waals surface area contributed by atoms with Crippen LogP contribution < -0.4 is 11.1 Å². The summed E-state index contributed by atoms with van der Waals surface area (Å²) in [6.45, 7) is 6.84. The van der Waals surface area contributed by atoms with Crippen molar-refractivity contribution in [3.63, 3.8) is 0 Å². The first kappa shape index (κ1) is 13.7. The molecule has 0 radical (unpaired) electrons. The van der Waals surface area contributed by atoms with Crippen LogP contribution in [0.2, 0.25) is 0 Å². The molecule has 2 heterocycles. The van der Waals surface area contributed by atoms with Crippen LogP contribution in [0.25, 0.3) is 0 Å². The minimum atomic E-state index is -0.803. The number of nitrogens with zero attached hydrogens (tertiary/aromatic N) is 2. The van der Waals surface area contributed by atoms with Gasteiger partial charge in [0.05, 0.1) is 6.61 Å². The first-order chi connectivity index (χ1) is 8.60. The van der Waals surface area contributed by atoms with Gasteiger partial charge in [0.2, 0.25) is 5.91 Å². The quantitative estimate of drug-likeness (QED) is 0.638. The average molecular weight is 256 g/mol. The molecule has 3 N–H and O–H groups in total. The van der Waals surface area contributed by atoms with E-state index in [1.165, 1.54) is 0 Å². The molecule has 0 aromatic carbocycles. The van der Waals surface area contributed by atoms with Crippen molar-refractivity contribution in [2.45, 2.75) is 12.0 Å². The van der Waals surface area contributed by atoms with Crippen LogP contribution in [0.3, 0.4) is 0 Å². The summed E-state index contributed by atoms with van der Waals surface area (Å²) in [5, 5.41) is 2.92. The van der Waals surface area contributed by atoms with Crippen LogP contribution in [0.4, 0.5) is 0 Å². The molecule has 2 aliphatic rings. The van der Waals surface area contributed by atoms with Crippen LogP contribution in [0.1, 0.15) is 6.42 Å². The Hall–Kier alpha value is -0.690. The largest absolute Gasteiger partial charge is 0.379 e. The molecule has 0 aliphatic carbocycles. The lowest BCUT2D eigenvalue weighted by molar-refractivity contribution is -0.126. The van der Waals surface area contributed by atoms with Gasteiger partial charge in [0.15, 0.2) is 0 Å². The monoisotopic (exact) mass is 256 g/mol. The van der Waals surface area contributed by atoms with Crippen molar-refractivity contribution in [3.05, 3.63) is 0 Å². The molecule has 1 unspecified atom stereocenters. The third kappa shape index (κ3) is 3.41. The Morgan fingerprint density at radius 1 is 1.39 bits per heavy atom. The van der Waals surface area contributed by atoms with E-state index in [4.69, 9.17) is 10.5 Å². The van der Waals surface area contributed by atoms with Gasteiger partial charge in [-0.1, -0.05) is 0 Å². The van der Waals surface area contributed by atoms with Gasteiger partial charge >= 0.3 is 0 Å². The lowest BCUT2D eigenvalue weighted by Crippen LogP contribution is -2.56. The van der Waals surface area contributed by atoms with Gasteiger partial charge < -0.3 is 20.7 Å². The first-order valence-corrected chi connectivity index (χ1v) is 6.66. The van der Waals surface area contributed by atoms with E-state index in [2.05, 4.69) is 22.2 Å². The molecule has 2 aliphatic heterocycles. The topological polar surface area (TPSA) is 70.8 Å². The summed E-state index contributed by atoms with van der Waals surface area (Å²) in [6, 6.07) is 0. The Kier molecular flexibility index (Phi) is 4.55. The fourth-order valence-electron chi connectivity index (χ4n) is 2.33. The first-order valence-electron chi connectivity index (χ1n) is 6.66. The maximum atomic E-state index is 11.9. The lowest BCUT2D eigenvalue weighted by Gasteiger charge is -2.32. The molecule has 1 atom stereocenters. The number of likely N-dealkylation sites (N-methyl/N-ethyl adjacent to an activating group) is 1. The SMILES string of the molecule is CN1CCN(CCNC(=O)C2(N)CCOC2)CC1. The highest BCUT2D eigenvalue weighted by atomic mass is 16.5. The number of hydrogen-bond acceptors (Lipinski definition) is 5. The Labute approximate surface area is 108 Å². The highest BCUT2D eigenvalue weighted by Gasteiger charge is 2.37. The number of nitrogens with two attached hydrogens (primary N) is 1. The average Bonchev–Trinajstić information content (AvgIpc) is 2.80. The summed E-state index contributed by atoms with van der Waals surface area (Å²) < 4.78 is 5.19. The standard InChI is InChI=1S/C12H24N4O2/c1-15-5-7-16(8-6-15)4-3-14-11(17)12(13)2-9-18-10-12/h2-10,13H2,1H3,(H,14,17). The van der Waals surface area contributed by atoms with Gasteiger partial charge in [-0.25, -0.2) is 0 Å². The van der Waals surface area contributed by atoms with Crippen LogP contribution in [-0.4, -0.2) is 80.8 Å². The zero-order valence-electron chi connectivity index (χ0n) is 11.2. The summed E-state index contributed by atoms with van der Waals surface area (Å²) in [6.07, 6.45) is 0.618. The van der Waals surface area contributed by atoms with E-state index in [9.17, 15) is 4.79 Å². The van der Waals surface area contributed by atoms with E-state index in [0.717, 1.165) is 32.7 Å². The number of ether oxygens (including phenoxy) is 1. The van der Waals surface area contributed by atoms with Crippen LogP contribution in [0, 0.1) is 0 Å². The van der Waals surface area contributed by atoms with Crippen molar-refractivity contribution >= 4 is 5.91 Å². The third-order valence-electron chi connectivity index (χ3n) is 3.81. The van der Waals surface area contributed by atoms with Crippen molar-refractivity contribution in [1.82, 2.24) is 15.1 Å². The zero-order valence-corrected chi connectivity index (χ0v) is 11.2. The second-order valence-electron chi connectivity index (χ2n) is 5.36. The van der Waals surface area contributed by atoms with Crippen molar-refractivity contribution in [3.8, 4) is 0 Å². The summed E-state index contributed by atoms with van der Waals surface area (Å²) in [4.78, 5) is 16.6. The Bertz CT molecular complexity index is 284. The molecule has 2 fully saturated rings. The maximum absolute atomic E-state index is 11.9. The highest BCUT2D eigenvalue weighted by Crippen LogP contribution is 2.15. The van der Waals surface area contributed by atoms with E-state index in [1.54, 1.807) is 0 Å². The maximum Gasteiger partial charge on any atom is 0.242 e. The van der Waals surface area contributed by atoms with E-state index >= 15 is 0 Å². The molecule has 0 bridgehead atoms. The number of rotatable bonds is 4. The number of nitrogens with one attached hydrogen (secondary N) is 1. The molecule has 0 aromatic heterocycles. The van der Waals surface area contributed by atoms with Crippen molar-refractivity contribution in [2.75, 3.05) is 59.5 Å². The summed E-state index contributed by atoms with van der Waals surface area (Å²) in [5.41, 5.74) is 5.18. The van der Waals surface area contributed by atoms with Crippen molar-refractivity contribution in [1.29, 1.82) is 0 Å². The van der Waals surface area contributed by atoms with Crippen LogP contribution >= 0.6 is 0 Å². The number of piperazine rings is 1. The van der Waals surface area contributed by atoms with E-state index in [-0.39, 0.29) is 5.91 Å². The van der Waals surface area contributed by atoms with Gasteiger partial charge in [0.1, 0.15) is 5.54 Å². The molecule has 104 valence electrons. The van der Waals surface area contributed by atoms with Crippen molar-refractivity contribution < 1.29 is 9.53 Å². The van der Waals surface area contributed by atoms with Crippen molar-refractivity contribution in [2.24, 2.45) is 5.73 Å². The molecular formula is C12H24N4O2. The molecule has 18 heavy (non-hydrogen) atoms. The molecule has 0 saturated carbocycles. The molecular weight excluding hydrogens is 232 g/mol. The summed E-state index contributed by atoms with van der Waals surface area (Å²) >= 11 is 0. The Balaban J connectivity index is 1.64. The van der Waals surface area contributed by atoms with Gasteiger partial charge in [-0.2, -0.15) is 0 Å². The van der Waals surface area contributed by atoms with Gasteiger partial charge in [0, 0.05) is 45.9 Å². The smallest absolute Gasteiger partial charge is 0.242 e. The van der Waals surface area contributed by atoms with Crippen LogP contribution in [0.5, 0.6) is 0 Å². The molecule has 0 aromatic rings. The zero-order chi connectivity index (χ0) is 13.0. The number of carbonyl (C=O) groups excluding carboxylic acids is 1. The fraction of sp³-hybridized carbons (Fsp3) is 0.917. The normalized spacial score (nSPS) is 30.6. The molecule has 6 heteroatoms. The highest BCUT2D eigenvalue weighted by molar-refractivity contribution is 5.86. The lowest BCUT2D eigenvalue weighted by atomic mass is 9.99. The number of hydrogen-bond donors (Lipinski definition) is 2. The minimum absolute atomic E-state index is 0.0749. The van der Waals surface area contributed by atoms with Gasteiger partial charge in [-0.05, 0) is 13.5 Å². The summed E-state index contributed by atoms with van der Waals surface area (Å²) in [5.74, 6) is -0.0749. The minimum Gasteiger partial charge on any atom is -0.379 e. The molecule has 1 amide bonds. The second-order valence-corrected chi connectivity index (χ2v) is 5.36. The Morgan fingerprint density at radius 2 is 2.11 bits per heavy atom. The molecule has 2 rings (SSSR count). The second kappa shape index (κ2) is 5.97. The Morgan fingerprint density at radius 3 is 2.72 bits per heavy atom. The summed E-state index contributed by atoms with van der Waals surface area (Å²) in [7, 11) is 2.14. The van der Waals surface area contributed by atoms with Gasteiger partial charge in [0.25, 0.3) is 0 Å². The molecule has 2 saturated heterocycles. The van der Waals surface area contributed by atoms with E-state index < -0.39 is 5.54 Å². The van der Waals surface area contributed by atoms with Crippen LogP contribution in [0.15, 0.2) is 0 Å². The predicted octanol–water partition coefficient (Wildman–Crippen LogP) is -1.53. The van der Waals surface area contributed by atoms with E-state index in [1.807, 2.05) is 0 Å². The predicted molar refractivity (Wildman–Crippen MR) is 69.3 cm³/mol. The number of carbonyl (C=O) groups is 1. The van der Waals surface area contributed by atoms with Gasteiger partial charge in [-0.3, -0.25) is 9.69 Å². The molecule has 6 nitrogen and oxygen atoms in total. The van der Waals surface area contributed by atoms with E-state index in [0.29, 0.717) is 26.2 Å².